The lowest BCUT2D eigenvalue weighted by Crippen LogP contribution is -2.06. The number of benzene rings is 1. The molecule has 0 saturated heterocycles. The number of nitrogens with zero attached hydrogens (tertiary/aromatic N) is 2. The molecule has 3 N–H and O–H groups in total. The molecule has 6 heteroatoms. The first-order valence-corrected chi connectivity index (χ1v) is 5.92. The van der Waals surface area contributed by atoms with E-state index in [2.05, 4.69) is 10.4 Å². The van der Waals surface area contributed by atoms with Gasteiger partial charge in [0.1, 0.15) is 0 Å². The van der Waals surface area contributed by atoms with Gasteiger partial charge in [0, 0.05) is 13.2 Å². The Morgan fingerprint density at radius 1 is 1.53 bits per heavy atom. The summed E-state index contributed by atoms with van der Waals surface area (Å²) in [6.45, 7) is 2.11. The summed E-state index contributed by atoms with van der Waals surface area (Å²) in [5, 5.41) is 7.18. The van der Waals surface area contributed by atoms with Crippen LogP contribution >= 0.6 is 0 Å². The minimum atomic E-state index is -0.373. The first kappa shape index (κ1) is 12.9. The smallest absolute Gasteiger partial charge is 0.338 e. The van der Waals surface area contributed by atoms with Crippen LogP contribution in [0, 0.1) is 0 Å². The number of nitrogens with one attached hydrogen (secondary N) is 1. The monoisotopic (exact) mass is 260 g/mol. The molecule has 2 aromatic rings. The van der Waals surface area contributed by atoms with Crippen molar-refractivity contribution in [1.82, 2.24) is 9.78 Å². The second-order valence-corrected chi connectivity index (χ2v) is 4.05. The number of anilines is 3. The number of aromatic nitrogens is 2. The van der Waals surface area contributed by atoms with Crippen LogP contribution in [0.4, 0.5) is 17.1 Å². The highest BCUT2D eigenvalue weighted by molar-refractivity contribution is 5.92. The number of nitrogens with two attached hydrogens (primary N) is 1. The Morgan fingerprint density at radius 3 is 2.89 bits per heavy atom. The van der Waals surface area contributed by atoms with E-state index in [1.165, 1.54) is 0 Å². The molecule has 0 aliphatic rings. The third kappa shape index (κ3) is 3.04. The number of ether oxygens (including phenoxy) is 1. The summed E-state index contributed by atoms with van der Waals surface area (Å²) < 4.78 is 6.60. The fourth-order valence-corrected chi connectivity index (χ4v) is 1.66. The van der Waals surface area contributed by atoms with Crippen LogP contribution in [0.5, 0.6) is 0 Å². The predicted molar refractivity (Wildman–Crippen MR) is 73.3 cm³/mol. The largest absolute Gasteiger partial charge is 0.462 e. The summed E-state index contributed by atoms with van der Waals surface area (Å²) in [5.74, 6) is -0.373. The van der Waals surface area contributed by atoms with Gasteiger partial charge in [0.25, 0.3) is 0 Å². The Hall–Kier alpha value is -2.50. The number of nitrogen functional groups attached to an aromatic ring is 1. The van der Waals surface area contributed by atoms with Gasteiger partial charge in [-0.1, -0.05) is 0 Å². The van der Waals surface area contributed by atoms with Crippen LogP contribution in [0.2, 0.25) is 0 Å². The predicted octanol–water partition coefficient (Wildman–Crippen LogP) is 1.92. The van der Waals surface area contributed by atoms with Crippen LogP contribution < -0.4 is 11.1 Å². The molecule has 1 heterocycles. The molecule has 0 unspecified atom stereocenters. The van der Waals surface area contributed by atoms with Gasteiger partial charge in [-0.15, -0.1) is 0 Å². The minimum absolute atomic E-state index is 0.342. The van der Waals surface area contributed by atoms with Gasteiger partial charge in [-0.05, 0) is 25.1 Å². The van der Waals surface area contributed by atoms with Crippen molar-refractivity contribution in [2.75, 3.05) is 17.7 Å². The van der Waals surface area contributed by atoms with Crippen molar-refractivity contribution in [2.45, 2.75) is 6.92 Å². The van der Waals surface area contributed by atoms with Gasteiger partial charge in [-0.3, -0.25) is 4.68 Å². The first-order chi connectivity index (χ1) is 9.10. The molecular weight excluding hydrogens is 244 g/mol. The van der Waals surface area contributed by atoms with Gasteiger partial charge in [-0.2, -0.15) is 5.10 Å². The number of hydrogen-bond donors (Lipinski definition) is 2. The molecule has 0 bridgehead atoms. The third-order valence-corrected chi connectivity index (χ3v) is 2.55. The Kier molecular flexibility index (Phi) is 3.70. The Morgan fingerprint density at radius 2 is 2.32 bits per heavy atom. The van der Waals surface area contributed by atoms with Crippen molar-refractivity contribution >= 4 is 23.0 Å². The molecule has 0 spiro atoms. The number of hydrogen-bond acceptors (Lipinski definition) is 5. The summed E-state index contributed by atoms with van der Waals surface area (Å²) in [6.07, 6.45) is 3.53. The van der Waals surface area contributed by atoms with Crippen LogP contribution in [0.15, 0.2) is 30.6 Å². The molecule has 19 heavy (non-hydrogen) atoms. The normalized spacial score (nSPS) is 10.2. The van der Waals surface area contributed by atoms with Gasteiger partial charge in [0.05, 0.1) is 35.4 Å². The highest BCUT2D eigenvalue weighted by Crippen LogP contribution is 2.24. The maximum Gasteiger partial charge on any atom is 0.338 e. The Labute approximate surface area is 111 Å². The number of carbonyl (C=O) groups is 1. The fraction of sp³-hybridized carbons (Fsp3) is 0.231. The zero-order valence-corrected chi connectivity index (χ0v) is 10.9. The van der Waals surface area contributed by atoms with Crippen molar-refractivity contribution in [3.05, 3.63) is 36.2 Å². The molecule has 0 fully saturated rings. The quantitative estimate of drug-likeness (QED) is 0.648. The summed E-state index contributed by atoms with van der Waals surface area (Å²) >= 11 is 0. The van der Waals surface area contributed by atoms with Gasteiger partial charge >= 0.3 is 5.97 Å². The molecular formula is C13H16N4O2. The Balaban J connectivity index is 2.17. The van der Waals surface area contributed by atoms with Crippen molar-refractivity contribution in [2.24, 2.45) is 7.05 Å². The van der Waals surface area contributed by atoms with Crippen LogP contribution in [-0.4, -0.2) is 22.4 Å². The van der Waals surface area contributed by atoms with Crippen molar-refractivity contribution in [3.63, 3.8) is 0 Å². The molecule has 0 atom stereocenters. The lowest BCUT2D eigenvalue weighted by molar-refractivity contribution is 0.0526. The maximum absolute atomic E-state index is 11.6. The molecule has 6 nitrogen and oxygen atoms in total. The van der Waals surface area contributed by atoms with E-state index in [9.17, 15) is 4.79 Å². The van der Waals surface area contributed by atoms with Crippen molar-refractivity contribution < 1.29 is 9.53 Å². The molecule has 1 aromatic carbocycles. The maximum atomic E-state index is 11.6. The highest BCUT2D eigenvalue weighted by Gasteiger charge is 2.09. The van der Waals surface area contributed by atoms with E-state index in [1.54, 1.807) is 36.0 Å². The fourth-order valence-electron chi connectivity index (χ4n) is 1.66. The van der Waals surface area contributed by atoms with Crippen LogP contribution in [0.1, 0.15) is 17.3 Å². The first-order valence-electron chi connectivity index (χ1n) is 5.92. The van der Waals surface area contributed by atoms with E-state index >= 15 is 0 Å². The van der Waals surface area contributed by atoms with Crippen LogP contribution in [0.25, 0.3) is 0 Å². The molecule has 2 rings (SSSR count). The number of esters is 1. The number of rotatable bonds is 4. The zero-order chi connectivity index (χ0) is 13.8. The summed E-state index contributed by atoms with van der Waals surface area (Å²) in [4.78, 5) is 11.6. The van der Waals surface area contributed by atoms with Crippen LogP contribution in [0.3, 0.4) is 0 Å². The van der Waals surface area contributed by atoms with E-state index in [1.807, 2.05) is 13.2 Å². The average Bonchev–Trinajstić information content (AvgIpc) is 2.78. The second-order valence-electron chi connectivity index (χ2n) is 4.05. The topological polar surface area (TPSA) is 82.2 Å². The minimum Gasteiger partial charge on any atom is -0.462 e. The molecule has 0 aliphatic heterocycles. The van der Waals surface area contributed by atoms with Gasteiger partial charge in [0.15, 0.2) is 0 Å². The van der Waals surface area contributed by atoms with Crippen LogP contribution in [-0.2, 0) is 11.8 Å². The number of carbonyl (C=O) groups excluding carboxylic acids is 1. The van der Waals surface area contributed by atoms with Gasteiger partial charge in [0.2, 0.25) is 0 Å². The molecule has 0 aliphatic carbocycles. The molecule has 0 saturated carbocycles. The standard InChI is InChI=1S/C13H16N4O2/c1-3-19-13(18)9-4-5-12(11(14)6-9)16-10-7-15-17(2)8-10/h4-8,16H,3,14H2,1-2H3. The van der Waals surface area contributed by atoms with Gasteiger partial charge < -0.3 is 15.8 Å². The van der Waals surface area contributed by atoms with E-state index < -0.39 is 0 Å². The number of aryl methyl sites for hydroxylation is 1. The van der Waals surface area contributed by atoms with E-state index in [0.717, 1.165) is 11.4 Å². The molecule has 0 amide bonds. The van der Waals surface area contributed by atoms with Crippen molar-refractivity contribution in [1.29, 1.82) is 0 Å². The third-order valence-electron chi connectivity index (χ3n) is 2.55. The zero-order valence-electron chi connectivity index (χ0n) is 10.9. The lowest BCUT2D eigenvalue weighted by Gasteiger charge is -2.09. The molecule has 1 aromatic heterocycles. The molecule has 100 valence electrons. The Bertz CT molecular complexity index is 592. The molecule has 0 radical (unpaired) electrons. The SMILES string of the molecule is CCOC(=O)c1ccc(Nc2cnn(C)c2)c(N)c1. The van der Waals surface area contributed by atoms with E-state index in [0.29, 0.717) is 17.9 Å². The lowest BCUT2D eigenvalue weighted by atomic mass is 10.1. The van der Waals surface area contributed by atoms with Gasteiger partial charge in [-0.25, -0.2) is 4.79 Å². The average molecular weight is 260 g/mol. The van der Waals surface area contributed by atoms with E-state index in [4.69, 9.17) is 10.5 Å². The summed E-state index contributed by atoms with van der Waals surface area (Å²) in [5.41, 5.74) is 8.39. The van der Waals surface area contributed by atoms with Crippen molar-refractivity contribution in [3.8, 4) is 0 Å². The summed E-state index contributed by atoms with van der Waals surface area (Å²) in [7, 11) is 1.83. The highest BCUT2D eigenvalue weighted by atomic mass is 16.5. The van der Waals surface area contributed by atoms with E-state index in [-0.39, 0.29) is 5.97 Å². The second kappa shape index (κ2) is 5.43. The summed E-state index contributed by atoms with van der Waals surface area (Å²) in [6, 6.07) is 5.01.